The van der Waals surface area contributed by atoms with Crippen LogP contribution < -0.4 is 10.1 Å². The molecule has 21 heavy (non-hydrogen) atoms. The average Bonchev–Trinajstić information content (AvgIpc) is 3.01. The molecule has 2 aliphatic rings. The van der Waals surface area contributed by atoms with Gasteiger partial charge in [0.25, 0.3) is 0 Å². The first-order valence-electron chi connectivity index (χ1n) is 8.25. The van der Waals surface area contributed by atoms with Gasteiger partial charge in [0.2, 0.25) is 5.88 Å². The van der Waals surface area contributed by atoms with Crippen molar-refractivity contribution in [3.8, 4) is 5.88 Å². The zero-order chi connectivity index (χ0) is 14.7. The lowest BCUT2D eigenvalue weighted by Crippen LogP contribution is -2.60. The second-order valence-corrected chi connectivity index (χ2v) is 6.14. The number of nitrogens with one attached hydrogen (secondary N) is 1. The van der Waals surface area contributed by atoms with Crippen molar-refractivity contribution in [3.05, 3.63) is 18.3 Å². The lowest BCUT2D eigenvalue weighted by Gasteiger charge is -2.54. The zero-order valence-electron chi connectivity index (χ0n) is 13.1. The van der Waals surface area contributed by atoms with E-state index in [0.717, 1.165) is 18.7 Å². The van der Waals surface area contributed by atoms with E-state index in [-0.39, 0.29) is 0 Å². The van der Waals surface area contributed by atoms with Gasteiger partial charge in [-0.05, 0) is 39.2 Å². The van der Waals surface area contributed by atoms with Crippen molar-refractivity contribution in [2.24, 2.45) is 5.41 Å². The molecule has 0 saturated heterocycles. The number of aromatic nitrogens is 1. The molecule has 1 heterocycles. The van der Waals surface area contributed by atoms with Crippen LogP contribution in [0, 0.1) is 5.41 Å². The van der Waals surface area contributed by atoms with Crippen LogP contribution in [0.2, 0.25) is 0 Å². The summed E-state index contributed by atoms with van der Waals surface area (Å²) in [7, 11) is 0. The zero-order valence-corrected chi connectivity index (χ0v) is 13.1. The monoisotopic (exact) mass is 290 g/mol. The first-order valence-corrected chi connectivity index (χ1v) is 8.25. The van der Waals surface area contributed by atoms with Crippen molar-refractivity contribution in [1.29, 1.82) is 0 Å². The van der Waals surface area contributed by atoms with E-state index in [1.165, 1.54) is 25.7 Å². The van der Waals surface area contributed by atoms with E-state index < -0.39 is 0 Å². The van der Waals surface area contributed by atoms with Crippen LogP contribution in [0.5, 0.6) is 5.88 Å². The Balaban J connectivity index is 1.64. The maximum Gasteiger partial charge on any atom is 0.213 e. The van der Waals surface area contributed by atoms with Crippen LogP contribution in [0.15, 0.2) is 18.3 Å². The summed E-state index contributed by atoms with van der Waals surface area (Å²) in [5.74, 6) is 0.694. The largest absolute Gasteiger partial charge is 0.478 e. The molecule has 0 radical (unpaired) electrons. The summed E-state index contributed by atoms with van der Waals surface area (Å²) < 4.78 is 11.3. The number of ether oxygens (including phenoxy) is 2. The molecule has 0 bridgehead atoms. The predicted octanol–water partition coefficient (Wildman–Crippen LogP) is 3.63. The molecular weight excluding hydrogens is 264 g/mol. The molecule has 116 valence electrons. The molecule has 2 saturated carbocycles. The highest BCUT2D eigenvalue weighted by atomic mass is 16.5. The fraction of sp³-hybridized carbons (Fsp3) is 0.706. The minimum atomic E-state index is 0.356. The highest BCUT2D eigenvalue weighted by molar-refractivity contribution is 5.45. The summed E-state index contributed by atoms with van der Waals surface area (Å²) in [6.45, 7) is 5.55. The Morgan fingerprint density at radius 1 is 1.24 bits per heavy atom. The molecule has 1 aromatic rings. The molecule has 2 atom stereocenters. The van der Waals surface area contributed by atoms with Crippen molar-refractivity contribution in [1.82, 2.24) is 4.98 Å². The summed E-state index contributed by atoms with van der Waals surface area (Å²) in [6, 6.07) is 4.52. The van der Waals surface area contributed by atoms with E-state index in [0.29, 0.717) is 30.0 Å². The first-order chi connectivity index (χ1) is 10.3. The third kappa shape index (κ3) is 2.73. The molecular formula is C17H26N2O2. The van der Waals surface area contributed by atoms with Gasteiger partial charge in [-0.15, -0.1) is 0 Å². The van der Waals surface area contributed by atoms with Crippen LogP contribution >= 0.6 is 0 Å². The van der Waals surface area contributed by atoms with Gasteiger partial charge in [0.15, 0.2) is 0 Å². The Hall–Kier alpha value is -1.29. The fourth-order valence-corrected chi connectivity index (χ4v) is 3.99. The number of nitrogens with zero attached hydrogens (tertiary/aromatic N) is 1. The van der Waals surface area contributed by atoms with Crippen LogP contribution in [-0.2, 0) is 4.74 Å². The average molecular weight is 290 g/mol. The predicted molar refractivity (Wildman–Crippen MR) is 83.7 cm³/mol. The molecule has 4 heteroatoms. The summed E-state index contributed by atoms with van der Waals surface area (Å²) >= 11 is 0. The van der Waals surface area contributed by atoms with Gasteiger partial charge in [0.1, 0.15) is 0 Å². The Morgan fingerprint density at radius 2 is 2.05 bits per heavy atom. The van der Waals surface area contributed by atoms with Gasteiger partial charge in [-0.3, -0.25) is 0 Å². The Morgan fingerprint density at radius 3 is 2.67 bits per heavy atom. The second-order valence-electron chi connectivity index (χ2n) is 6.14. The topological polar surface area (TPSA) is 43.4 Å². The highest BCUT2D eigenvalue weighted by Gasteiger charge is 2.56. The molecule has 0 amide bonds. The smallest absolute Gasteiger partial charge is 0.213 e. The summed E-state index contributed by atoms with van der Waals surface area (Å²) in [5, 5.41) is 3.67. The van der Waals surface area contributed by atoms with Crippen LogP contribution in [-0.4, -0.2) is 30.3 Å². The van der Waals surface area contributed by atoms with Crippen LogP contribution in [0.3, 0.4) is 0 Å². The van der Waals surface area contributed by atoms with E-state index in [2.05, 4.69) is 23.3 Å². The van der Waals surface area contributed by atoms with Crippen LogP contribution in [0.1, 0.15) is 46.0 Å². The third-order valence-corrected chi connectivity index (χ3v) is 5.06. The van der Waals surface area contributed by atoms with Gasteiger partial charge in [-0.25, -0.2) is 4.98 Å². The van der Waals surface area contributed by atoms with E-state index in [1.54, 1.807) is 0 Å². The van der Waals surface area contributed by atoms with Crippen molar-refractivity contribution < 1.29 is 9.47 Å². The number of hydrogen-bond acceptors (Lipinski definition) is 4. The molecule has 3 rings (SSSR count). The van der Waals surface area contributed by atoms with Crippen molar-refractivity contribution in [2.75, 3.05) is 18.5 Å². The highest BCUT2D eigenvalue weighted by Crippen LogP contribution is 2.55. The minimum absolute atomic E-state index is 0.356. The first kappa shape index (κ1) is 14.6. The van der Waals surface area contributed by atoms with Crippen LogP contribution in [0.25, 0.3) is 0 Å². The van der Waals surface area contributed by atoms with Gasteiger partial charge in [-0.1, -0.05) is 12.8 Å². The second kappa shape index (κ2) is 6.22. The molecule has 1 N–H and O–H groups in total. The Labute approximate surface area is 127 Å². The number of rotatable bonds is 6. The van der Waals surface area contributed by atoms with E-state index in [4.69, 9.17) is 9.47 Å². The SMILES string of the molecule is CCOc1ccc(NC2CC(OCC)C23CCCC3)cn1. The fourth-order valence-electron chi connectivity index (χ4n) is 3.99. The van der Waals surface area contributed by atoms with E-state index in [1.807, 2.05) is 19.2 Å². The summed E-state index contributed by atoms with van der Waals surface area (Å²) in [4.78, 5) is 4.33. The maximum absolute atomic E-state index is 5.96. The molecule has 0 aliphatic heterocycles. The van der Waals surface area contributed by atoms with Gasteiger partial charge < -0.3 is 14.8 Å². The molecule has 2 unspecified atom stereocenters. The Bertz CT molecular complexity index is 454. The lowest BCUT2D eigenvalue weighted by atomic mass is 9.60. The molecule has 1 spiro atoms. The summed E-state index contributed by atoms with van der Waals surface area (Å²) in [6.07, 6.45) is 8.69. The lowest BCUT2D eigenvalue weighted by molar-refractivity contribution is -0.114. The van der Waals surface area contributed by atoms with Gasteiger partial charge in [0, 0.05) is 24.1 Å². The van der Waals surface area contributed by atoms with Crippen LogP contribution in [0.4, 0.5) is 5.69 Å². The number of pyridine rings is 1. The van der Waals surface area contributed by atoms with Gasteiger partial charge in [0.05, 0.1) is 24.6 Å². The van der Waals surface area contributed by atoms with E-state index in [9.17, 15) is 0 Å². The molecule has 4 nitrogen and oxygen atoms in total. The van der Waals surface area contributed by atoms with E-state index >= 15 is 0 Å². The molecule has 1 aromatic heterocycles. The van der Waals surface area contributed by atoms with Crippen molar-refractivity contribution in [2.45, 2.75) is 58.1 Å². The Kier molecular flexibility index (Phi) is 4.34. The molecule has 2 fully saturated rings. The van der Waals surface area contributed by atoms with Gasteiger partial charge >= 0.3 is 0 Å². The third-order valence-electron chi connectivity index (χ3n) is 5.06. The maximum atomic E-state index is 5.96. The summed E-state index contributed by atoms with van der Waals surface area (Å²) in [5.41, 5.74) is 1.44. The standard InChI is InChI=1S/C17H26N2O2/c1-3-20-15-11-14(17(15)9-5-6-10-17)19-13-7-8-16(18-12-13)21-4-2/h7-8,12,14-15,19H,3-6,9-11H2,1-2H3. The van der Waals surface area contributed by atoms with Crippen molar-refractivity contribution >= 4 is 5.69 Å². The molecule has 0 aromatic carbocycles. The number of hydrogen-bond donors (Lipinski definition) is 1. The minimum Gasteiger partial charge on any atom is -0.478 e. The normalized spacial score (nSPS) is 26.6. The van der Waals surface area contributed by atoms with Gasteiger partial charge in [-0.2, -0.15) is 0 Å². The number of anilines is 1. The van der Waals surface area contributed by atoms with Crippen molar-refractivity contribution in [3.63, 3.8) is 0 Å². The molecule has 2 aliphatic carbocycles. The quantitative estimate of drug-likeness (QED) is 0.869.